The Bertz CT molecular complexity index is 460. The molecule has 0 bridgehead atoms. The summed E-state index contributed by atoms with van der Waals surface area (Å²) in [5, 5.41) is 12.6. The predicted molar refractivity (Wildman–Crippen MR) is 67.5 cm³/mol. The third-order valence-electron chi connectivity index (χ3n) is 2.58. The van der Waals surface area contributed by atoms with Gasteiger partial charge in [-0.25, -0.2) is 0 Å². The van der Waals surface area contributed by atoms with Crippen LogP contribution >= 0.6 is 0 Å². The Kier molecular flexibility index (Phi) is 3.34. The zero-order valence-electron chi connectivity index (χ0n) is 9.77. The van der Waals surface area contributed by atoms with Gasteiger partial charge >= 0.3 is 0 Å². The van der Waals surface area contributed by atoms with Crippen LogP contribution in [0, 0.1) is 5.92 Å². The van der Waals surface area contributed by atoms with E-state index in [1.54, 1.807) is 6.20 Å². The number of fused-ring (bicyclic) bond motifs is 1. The molecule has 0 unspecified atom stereocenters. The van der Waals surface area contributed by atoms with E-state index in [2.05, 4.69) is 35.4 Å². The van der Waals surface area contributed by atoms with Crippen molar-refractivity contribution in [3.8, 4) is 0 Å². The second-order valence-electron chi connectivity index (χ2n) is 4.38. The van der Waals surface area contributed by atoms with E-state index < -0.39 is 0 Å². The molecule has 0 aliphatic heterocycles. The van der Waals surface area contributed by atoms with Gasteiger partial charge in [0.2, 0.25) is 0 Å². The summed E-state index contributed by atoms with van der Waals surface area (Å²) in [5.74, 6) is 0.716. The molecule has 0 atom stereocenters. The molecular formula is C13H17N3. The van der Waals surface area contributed by atoms with Crippen LogP contribution in [-0.2, 0) is 0 Å². The molecule has 1 aromatic carbocycles. The largest absolute Gasteiger partial charge is 0.383 e. The van der Waals surface area contributed by atoms with E-state index in [4.69, 9.17) is 0 Å². The van der Waals surface area contributed by atoms with Crippen molar-refractivity contribution in [2.45, 2.75) is 20.3 Å². The van der Waals surface area contributed by atoms with Crippen LogP contribution in [0.2, 0.25) is 0 Å². The summed E-state index contributed by atoms with van der Waals surface area (Å²) in [6, 6.07) is 8.06. The lowest BCUT2D eigenvalue weighted by Crippen LogP contribution is -2.05. The number of hydrogen-bond donors (Lipinski definition) is 1. The van der Waals surface area contributed by atoms with Crippen molar-refractivity contribution >= 4 is 16.6 Å². The maximum Gasteiger partial charge on any atom is 0.0950 e. The van der Waals surface area contributed by atoms with Crippen LogP contribution in [0.25, 0.3) is 10.9 Å². The van der Waals surface area contributed by atoms with E-state index in [1.165, 1.54) is 0 Å². The molecular weight excluding hydrogens is 198 g/mol. The van der Waals surface area contributed by atoms with E-state index in [1.807, 2.05) is 18.2 Å². The van der Waals surface area contributed by atoms with Gasteiger partial charge in [0.25, 0.3) is 0 Å². The van der Waals surface area contributed by atoms with Gasteiger partial charge in [-0.3, -0.25) is 0 Å². The first-order valence-electron chi connectivity index (χ1n) is 5.71. The molecule has 84 valence electrons. The van der Waals surface area contributed by atoms with Gasteiger partial charge in [-0.15, -0.1) is 0 Å². The van der Waals surface area contributed by atoms with E-state index in [0.29, 0.717) is 5.92 Å². The van der Waals surface area contributed by atoms with Gasteiger partial charge in [-0.1, -0.05) is 32.0 Å². The van der Waals surface area contributed by atoms with E-state index in [0.717, 1.165) is 29.6 Å². The summed E-state index contributed by atoms with van der Waals surface area (Å²) in [6.45, 7) is 5.43. The number of benzene rings is 1. The highest BCUT2D eigenvalue weighted by Gasteiger charge is 2.01. The van der Waals surface area contributed by atoms with Crippen molar-refractivity contribution in [1.29, 1.82) is 0 Å². The van der Waals surface area contributed by atoms with Crippen molar-refractivity contribution in [1.82, 2.24) is 10.2 Å². The fraction of sp³-hybridized carbons (Fsp3) is 0.385. The zero-order valence-corrected chi connectivity index (χ0v) is 9.77. The minimum Gasteiger partial charge on any atom is -0.383 e. The van der Waals surface area contributed by atoms with Crippen LogP contribution in [0.3, 0.4) is 0 Å². The Hall–Kier alpha value is -1.64. The van der Waals surface area contributed by atoms with Gasteiger partial charge in [0.15, 0.2) is 0 Å². The molecule has 0 fully saturated rings. The monoisotopic (exact) mass is 215 g/mol. The summed E-state index contributed by atoms with van der Waals surface area (Å²) >= 11 is 0. The summed E-state index contributed by atoms with van der Waals surface area (Å²) in [5.41, 5.74) is 2.02. The molecule has 0 spiro atoms. The van der Waals surface area contributed by atoms with Crippen LogP contribution in [0.15, 0.2) is 30.5 Å². The highest BCUT2D eigenvalue weighted by atomic mass is 15.1. The van der Waals surface area contributed by atoms with Gasteiger partial charge in [-0.2, -0.15) is 10.2 Å². The molecule has 1 N–H and O–H groups in total. The maximum absolute atomic E-state index is 4.10. The number of aromatic nitrogens is 2. The van der Waals surface area contributed by atoms with Crippen molar-refractivity contribution in [2.24, 2.45) is 5.92 Å². The van der Waals surface area contributed by atoms with Crippen LogP contribution in [0.4, 0.5) is 5.69 Å². The van der Waals surface area contributed by atoms with Crippen molar-refractivity contribution < 1.29 is 0 Å². The Morgan fingerprint density at radius 2 is 2.06 bits per heavy atom. The number of nitrogens with one attached hydrogen (secondary N) is 1. The topological polar surface area (TPSA) is 37.8 Å². The van der Waals surface area contributed by atoms with Crippen LogP contribution in [0.1, 0.15) is 20.3 Å². The molecule has 0 amide bonds. The Morgan fingerprint density at radius 3 is 2.88 bits per heavy atom. The number of anilines is 1. The van der Waals surface area contributed by atoms with Gasteiger partial charge in [0.1, 0.15) is 0 Å². The third kappa shape index (κ3) is 2.48. The molecule has 16 heavy (non-hydrogen) atoms. The quantitative estimate of drug-likeness (QED) is 0.851. The molecule has 0 saturated carbocycles. The molecule has 3 heteroatoms. The second kappa shape index (κ2) is 4.92. The highest BCUT2D eigenvalue weighted by Crippen LogP contribution is 2.19. The first-order chi connectivity index (χ1) is 7.77. The van der Waals surface area contributed by atoms with Crippen molar-refractivity contribution in [3.05, 3.63) is 30.5 Å². The Labute approximate surface area is 95.9 Å². The van der Waals surface area contributed by atoms with Crippen LogP contribution in [0.5, 0.6) is 0 Å². The number of rotatable bonds is 4. The number of nitrogens with zero attached hydrogens (tertiary/aromatic N) is 2. The van der Waals surface area contributed by atoms with Gasteiger partial charge in [-0.05, 0) is 18.4 Å². The first-order valence-corrected chi connectivity index (χ1v) is 5.71. The first kappa shape index (κ1) is 10.9. The Morgan fingerprint density at radius 1 is 1.25 bits per heavy atom. The zero-order chi connectivity index (χ0) is 11.4. The number of hydrogen-bond acceptors (Lipinski definition) is 3. The predicted octanol–water partition coefficient (Wildman–Crippen LogP) is 3.09. The fourth-order valence-corrected chi connectivity index (χ4v) is 1.64. The molecule has 0 radical (unpaired) electrons. The lowest BCUT2D eigenvalue weighted by Gasteiger charge is -2.09. The summed E-state index contributed by atoms with van der Waals surface area (Å²) in [7, 11) is 0. The smallest absolute Gasteiger partial charge is 0.0950 e. The minimum absolute atomic E-state index is 0.716. The van der Waals surface area contributed by atoms with E-state index >= 15 is 0 Å². The molecule has 1 aromatic heterocycles. The minimum atomic E-state index is 0.716. The second-order valence-corrected chi connectivity index (χ2v) is 4.38. The lowest BCUT2D eigenvalue weighted by atomic mass is 10.1. The Balaban J connectivity index is 2.17. The lowest BCUT2D eigenvalue weighted by molar-refractivity contribution is 0.607. The molecule has 0 aliphatic carbocycles. The summed E-state index contributed by atoms with van der Waals surface area (Å²) < 4.78 is 0. The maximum atomic E-state index is 4.10. The fourth-order valence-electron chi connectivity index (χ4n) is 1.64. The standard InChI is InChI=1S/C13H17N3/c1-10(2)7-8-14-13-9-15-16-12-6-4-3-5-11(12)13/h3-6,9-10H,7-8H2,1-2H3,(H,14,16). The van der Waals surface area contributed by atoms with Crippen LogP contribution < -0.4 is 5.32 Å². The molecule has 0 saturated heterocycles. The molecule has 1 heterocycles. The average Bonchev–Trinajstić information content (AvgIpc) is 2.29. The molecule has 2 rings (SSSR count). The van der Waals surface area contributed by atoms with Gasteiger partial charge < -0.3 is 5.32 Å². The average molecular weight is 215 g/mol. The molecule has 2 aromatic rings. The van der Waals surface area contributed by atoms with Crippen LogP contribution in [-0.4, -0.2) is 16.7 Å². The van der Waals surface area contributed by atoms with E-state index in [-0.39, 0.29) is 0 Å². The van der Waals surface area contributed by atoms with Gasteiger partial charge in [0, 0.05) is 11.9 Å². The normalized spacial score (nSPS) is 10.9. The highest BCUT2D eigenvalue weighted by molar-refractivity contribution is 5.90. The van der Waals surface area contributed by atoms with Crippen molar-refractivity contribution in [2.75, 3.05) is 11.9 Å². The van der Waals surface area contributed by atoms with Crippen molar-refractivity contribution in [3.63, 3.8) is 0 Å². The SMILES string of the molecule is CC(C)CCNc1cnnc2ccccc12. The third-order valence-corrected chi connectivity index (χ3v) is 2.58. The summed E-state index contributed by atoms with van der Waals surface area (Å²) in [6.07, 6.45) is 2.96. The summed E-state index contributed by atoms with van der Waals surface area (Å²) in [4.78, 5) is 0. The van der Waals surface area contributed by atoms with E-state index in [9.17, 15) is 0 Å². The van der Waals surface area contributed by atoms with Gasteiger partial charge in [0.05, 0.1) is 17.4 Å². The molecule has 0 aliphatic rings. The molecule has 3 nitrogen and oxygen atoms in total.